The van der Waals surface area contributed by atoms with Crippen molar-refractivity contribution in [3.05, 3.63) is 0 Å². The molecule has 4 aliphatic rings. The maximum Gasteiger partial charge on any atom is 0.472 e. The lowest BCUT2D eigenvalue weighted by Crippen LogP contribution is -2.36. The molecule has 2 unspecified atom stereocenters. The zero-order valence-electron chi connectivity index (χ0n) is 24.9. The second-order valence-electron chi connectivity index (χ2n) is 11.3. The van der Waals surface area contributed by atoms with Crippen molar-refractivity contribution in [3.8, 4) is 0 Å². The quantitative estimate of drug-likeness (QED) is 0.107. The van der Waals surface area contributed by atoms with Crippen molar-refractivity contribution in [1.82, 2.24) is 0 Å². The Balaban J connectivity index is 0.000000241. The fourth-order valence-corrected chi connectivity index (χ4v) is 7.19. The van der Waals surface area contributed by atoms with E-state index in [1.807, 2.05) is 0 Å². The minimum absolute atomic E-state index is 0.115. The van der Waals surface area contributed by atoms with E-state index >= 15 is 0 Å². The second-order valence-corrected chi connectivity index (χ2v) is 14.2. The van der Waals surface area contributed by atoms with Crippen LogP contribution in [0.1, 0.15) is 40.5 Å². The molecule has 0 aromatic heterocycles. The Morgan fingerprint density at radius 1 is 0.636 bits per heavy atom. The van der Waals surface area contributed by atoms with Crippen LogP contribution in [-0.4, -0.2) is 152 Å². The summed E-state index contributed by atoms with van der Waals surface area (Å²) in [5.41, 5.74) is 0. The van der Waals surface area contributed by atoms with Gasteiger partial charge in [0.25, 0.3) is 0 Å². The molecule has 0 aliphatic carbocycles. The van der Waals surface area contributed by atoms with E-state index in [0.717, 1.165) is 0 Å². The highest BCUT2D eigenvalue weighted by Crippen LogP contribution is 2.49. The summed E-state index contributed by atoms with van der Waals surface area (Å²) in [6.45, 7) is 5.16. The van der Waals surface area contributed by atoms with Gasteiger partial charge in [-0.25, -0.2) is 9.13 Å². The third-order valence-electron chi connectivity index (χ3n) is 7.66. The number of aliphatic hydroxyl groups is 6. The summed E-state index contributed by atoms with van der Waals surface area (Å²) in [7, 11) is -8.90. The summed E-state index contributed by atoms with van der Waals surface area (Å²) in [4.78, 5) is 19.5. The van der Waals surface area contributed by atoms with E-state index in [-0.39, 0.29) is 25.4 Å². The minimum Gasteiger partial charge on any atom is -0.394 e. The van der Waals surface area contributed by atoms with Crippen molar-refractivity contribution < 1.29 is 86.6 Å². The van der Waals surface area contributed by atoms with Crippen LogP contribution in [0.5, 0.6) is 0 Å². The van der Waals surface area contributed by atoms with Gasteiger partial charge in [0.15, 0.2) is 0 Å². The van der Waals surface area contributed by atoms with Gasteiger partial charge >= 0.3 is 15.6 Å². The van der Waals surface area contributed by atoms with Crippen molar-refractivity contribution in [1.29, 1.82) is 0 Å². The van der Waals surface area contributed by atoms with Gasteiger partial charge in [-0.15, -0.1) is 0 Å². The molecule has 8 N–H and O–H groups in total. The molecule has 0 radical (unpaired) electrons. The van der Waals surface area contributed by atoms with E-state index < -0.39 is 102 Å². The second kappa shape index (κ2) is 16.3. The molecular formula is C24H46O18P2. The first-order valence-electron chi connectivity index (χ1n) is 14.3. The van der Waals surface area contributed by atoms with Crippen LogP contribution in [0.3, 0.4) is 0 Å². The van der Waals surface area contributed by atoms with Crippen LogP contribution in [0.4, 0.5) is 0 Å². The molecule has 0 aromatic carbocycles. The molecule has 18 nitrogen and oxygen atoms in total. The molecule has 0 bridgehead atoms. The standard InChI is InChI=1S/C12H23O10P.C12H23O8P/c1-5-9(14)11(16)8(21-5)4-19-23(17,18)22-12-7(3-13)20-6(2)10(12)15;1-7-3-9(14)12(19-7)6-17-21(15,16)20-10-4-8(2)18-11(10)5-13/h5-16H,3-4H2,1-2H3,(H,17,18);7-14H,3-6H2,1-2H3,(H,15,16)/t5-,6-,7+,8+,9-,10-,11+,12+;7-,8-,9-,10-,11+,12+/m00/s1. The van der Waals surface area contributed by atoms with Gasteiger partial charge in [0.1, 0.15) is 54.9 Å². The monoisotopic (exact) mass is 684 g/mol. The van der Waals surface area contributed by atoms with Crippen LogP contribution in [0, 0.1) is 0 Å². The molecule has 44 heavy (non-hydrogen) atoms. The molecule has 4 heterocycles. The first kappa shape index (κ1) is 38.3. The summed E-state index contributed by atoms with van der Waals surface area (Å²) in [5, 5.41) is 57.1. The Morgan fingerprint density at radius 2 is 1.14 bits per heavy atom. The van der Waals surface area contributed by atoms with E-state index in [1.165, 1.54) is 6.92 Å². The fourth-order valence-electron chi connectivity index (χ4n) is 5.27. The zero-order chi connectivity index (χ0) is 33.0. The Labute approximate surface area is 254 Å². The van der Waals surface area contributed by atoms with Crippen molar-refractivity contribution in [2.45, 2.75) is 126 Å². The molecule has 4 fully saturated rings. The number of rotatable bonds is 12. The van der Waals surface area contributed by atoms with Gasteiger partial charge in [0, 0.05) is 12.8 Å². The van der Waals surface area contributed by atoms with Gasteiger partial charge in [-0.2, -0.15) is 0 Å². The Hall–Kier alpha value is -0.180. The van der Waals surface area contributed by atoms with Gasteiger partial charge < -0.3 is 59.4 Å². The zero-order valence-corrected chi connectivity index (χ0v) is 26.7. The molecule has 4 aliphatic heterocycles. The number of hydrogen-bond acceptors (Lipinski definition) is 16. The predicted octanol–water partition coefficient (Wildman–Crippen LogP) is -1.67. The lowest BCUT2D eigenvalue weighted by molar-refractivity contribution is -0.0375. The highest BCUT2D eigenvalue weighted by Gasteiger charge is 2.47. The topological polar surface area (TPSA) is 270 Å². The Morgan fingerprint density at radius 3 is 1.66 bits per heavy atom. The summed E-state index contributed by atoms with van der Waals surface area (Å²) >= 11 is 0. The smallest absolute Gasteiger partial charge is 0.394 e. The lowest BCUT2D eigenvalue weighted by Gasteiger charge is -2.23. The fraction of sp³-hybridized carbons (Fsp3) is 1.00. The molecule has 4 rings (SSSR count). The van der Waals surface area contributed by atoms with Crippen LogP contribution in [0.25, 0.3) is 0 Å². The first-order chi connectivity index (χ1) is 20.5. The average molecular weight is 685 g/mol. The highest BCUT2D eigenvalue weighted by molar-refractivity contribution is 7.47. The number of ether oxygens (including phenoxy) is 4. The number of phosphoric acid groups is 2. The minimum atomic E-state index is -4.60. The molecule has 20 heteroatoms. The van der Waals surface area contributed by atoms with Crippen molar-refractivity contribution >= 4 is 15.6 Å². The lowest BCUT2D eigenvalue weighted by atomic mass is 10.1. The first-order valence-corrected chi connectivity index (χ1v) is 17.3. The molecule has 0 amide bonds. The van der Waals surface area contributed by atoms with E-state index in [4.69, 9.17) is 47.3 Å². The number of phosphoric ester groups is 2. The van der Waals surface area contributed by atoms with Crippen LogP contribution in [0.15, 0.2) is 0 Å². The summed E-state index contributed by atoms with van der Waals surface area (Å²) in [6.07, 6.45) is -10.2. The maximum atomic E-state index is 12.0. The number of aliphatic hydroxyl groups excluding tert-OH is 6. The van der Waals surface area contributed by atoms with Crippen molar-refractivity contribution in [3.63, 3.8) is 0 Å². The van der Waals surface area contributed by atoms with Gasteiger partial charge in [0.05, 0.1) is 56.9 Å². The molecule has 4 saturated heterocycles. The van der Waals surface area contributed by atoms with E-state index in [1.54, 1.807) is 20.8 Å². The van der Waals surface area contributed by atoms with Gasteiger partial charge in [-0.3, -0.25) is 18.1 Å². The van der Waals surface area contributed by atoms with Crippen LogP contribution < -0.4 is 0 Å². The summed E-state index contributed by atoms with van der Waals surface area (Å²) in [5.74, 6) is 0. The largest absolute Gasteiger partial charge is 0.472 e. The van der Waals surface area contributed by atoms with Crippen LogP contribution in [-0.2, 0) is 46.2 Å². The van der Waals surface area contributed by atoms with E-state index in [0.29, 0.717) is 12.8 Å². The molecule has 0 spiro atoms. The Bertz CT molecular complexity index is 991. The predicted molar refractivity (Wildman–Crippen MR) is 146 cm³/mol. The SMILES string of the molecule is C[C@@H]1O[C@H](COP(=O)(O)O[C@H]2[C@@H](O)[C@H](C)O[C@@H]2CO)[C@@H](O)[C@H]1O.C[C@H]1C[C@H](OP(=O)(O)OC[C@H]2O[C@@H](C)C[C@@H]2O)[C@@H](CO)O1. The summed E-state index contributed by atoms with van der Waals surface area (Å²) in [6, 6.07) is 0. The molecule has 0 saturated carbocycles. The van der Waals surface area contributed by atoms with E-state index in [9.17, 15) is 39.3 Å². The normalized spacial score (nSPS) is 45.1. The third kappa shape index (κ3) is 10.4. The average Bonchev–Trinajstić information content (AvgIpc) is 3.62. The van der Waals surface area contributed by atoms with Crippen LogP contribution >= 0.6 is 15.6 Å². The van der Waals surface area contributed by atoms with E-state index in [2.05, 4.69) is 0 Å². The Kier molecular flexibility index (Phi) is 14.2. The molecule has 260 valence electrons. The molecule has 16 atom stereocenters. The molecular weight excluding hydrogens is 638 g/mol. The number of hydrogen-bond donors (Lipinski definition) is 8. The van der Waals surface area contributed by atoms with Gasteiger partial charge in [0.2, 0.25) is 0 Å². The van der Waals surface area contributed by atoms with Gasteiger partial charge in [-0.05, 0) is 27.7 Å². The van der Waals surface area contributed by atoms with Crippen LogP contribution in [0.2, 0.25) is 0 Å². The molecule has 0 aromatic rings. The summed E-state index contributed by atoms with van der Waals surface area (Å²) < 4.78 is 64.6. The van der Waals surface area contributed by atoms with Crippen molar-refractivity contribution in [2.75, 3.05) is 26.4 Å². The highest BCUT2D eigenvalue weighted by atomic mass is 31.2. The maximum absolute atomic E-state index is 12.0. The van der Waals surface area contributed by atoms with Crippen molar-refractivity contribution in [2.24, 2.45) is 0 Å². The third-order valence-corrected chi connectivity index (χ3v) is 9.66. The van der Waals surface area contributed by atoms with Gasteiger partial charge in [-0.1, -0.05) is 0 Å².